The number of aryl methyl sites for hydroxylation is 2. The number of methoxy groups -OCH3 is 1. The Balaban J connectivity index is 1.94. The fraction of sp³-hybridized carbons (Fsp3) is 0.235. The molecule has 21 heavy (non-hydrogen) atoms. The lowest BCUT2D eigenvalue weighted by Crippen LogP contribution is -2.12. The van der Waals surface area contributed by atoms with Crippen LogP contribution in [0.2, 0.25) is 5.02 Å². The molecule has 4 heteroatoms. The molecule has 3 nitrogen and oxygen atoms in total. The molecule has 0 aliphatic carbocycles. The quantitative estimate of drug-likeness (QED) is 0.897. The summed E-state index contributed by atoms with van der Waals surface area (Å²) < 4.78 is 5.28. The van der Waals surface area contributed by atoms with Gasteiger partial charge >= 0.3 is 0 Å². The second-order valence-corrected chi connectivity index (χ2v) is 5.23. The van der Waals surface area contributed by atoms with E-state index < -0.39 is 0 Å². The van der Waals surface area contributed by atoms with Crippen LogP contribution in [0.15, 0.2) is 42.5 Å². The average molecular weight is 304 g/mol. The number of hydrogen-bond donors (Lipinski definition) is 1. The molecule has 0 spiro atoms. The van der Waals surface area contributed by atoms with Crippen molar-refractivity contribution in [3.63, 3.8) is 0 Å². The number of ether oxygens (including phenoxy) is 1. The van der Waals surface area contributed by atoms with Crippen LogP contribution in [0.3, 0.4) is 0 Å². The summed E-state index contributed by atoms with van der Waals surface area (Å²) >= 11 is 6.04. The third kappa shape index (κ3) is 4.23. The van der Waals surface area contributed by atoms with E-state index in [0.717, 1.165) is 22.6 Å². The molecule has 0 aliphatic heterocycles. The van der Waals surface area contributed by atoms with E-state index in [0.29, 0.717) is 17.9 Å². The lowest BCUT2D eigenvalue weighted by atomic mass is 10.1. The van der Waals surface area contributed by atoms with Crippen molar-refractivity contribution in [2.24, 2.45) is 0 Å². The van der Waals surface area contributed by atoms with Crippen LogP contribution in [0.1, 0.15) is 17.5 Å². The zero-order valence-corrected chi connectivity index (χ0v) is 12.9. The second kappa shape index (κ2) is 7.14. The summed E-state index contributed by atoms with van der Waals surface area (Å²) in [7, 11) is 1.63. The van der Waals surface area contributed by atoms with E-state index in [-0.39, 0.29) is 5.91 Å². The standard InChI is InChI=1S/C17H18ClNO2/c1-12-7-9-14(11-15(12)18)19-17(20)10-8-13-5-3-4-6-16(13)21-2/h3-7,9,11H,8,10H2,1-2H3,(H,19,20). The molecule has 1 N–H and O–H groups in total. The Bertz CT molecular complexity index is 640. The smallest absolute Gasteiger partial charge is 0.224 e. The minimum atomic E-state index is -0.0409. The zero-order chi connectivity index (χ0) is 15.2. The highest BCUT2D eigenvalue weighted by molar-refractivity contribution is 6.31. The summed E-state index contributed by atoms with van der Waals surface area (Å²) in [6, 6.07) is 13.2. The Morgan fingerprint density at radius 1 is 1.24 bits per heavy atom. The first-order valence-corrected chi connectivity index (χ1v) is 7.16. The fourth-order valence-electron chi connectivity index (χ4n) is 2.05. The van der Waals surface area contributed by atoms with Gasteiger partial charge in [-0.05, 0) is 42.7 Å². The summed E-state index contributed by atoms with van der Waals surface area (Å²) in [6.45, 7) is 1.93. The number of halogens is 1. The Hall–Kier alpha value is -2.00. The van der Waals surface area contributed by atoms with Gasteiger partial charge in [0.15, 0.2) is 0 Å². The van der Waals surface area contributed by atoms with Crippen molar-refractivity contribution < 1.29 is 9.53 Å². The number of rotatable bonds is 5. The number of amides is 1. The van der Waals surface area contributed by atoms with Crippen LogP contribution in [-0.4, -0.2) is 13.0 Å². The van der Waals surface area contributed by atoms with Crippen LogP contribution < -0.4 is 10.1 Å². The summed E-state index contributed by atoms with van der Waals surface area (Å²) in [5.74, 6) is 0.768. The van der Waals surface area contributed by atoms with Crippen molar-refractivity contribution in [1.82, 2.24) is 0 Å². The molecule has 2 aromatic carbocycles. The molecule has 0 saturated heterocycles. The fourth-order valence-corrected chi connectivity index (χ4v) is 2.23. The van der Waals surface area contributed by atoms with E-state index in [2.05, 4.69) is 5.32 Å². The number of carbonyl (C=O) groups is 1. The van der Waals surface area contributed by atoms with E-state index in [4.69, 9.17) is 16.3 Å². The first-order chi connectivity index (χ1) is 10.1. The summed E-state index contributed by atoms with van der Waals surface area (Å²) in [5, 5.41) is 3.50. The van der Waals surface area contributed by atoms with Crippen molar-refractivity contribution in [2.75, 3.05) is 12.4 Å². The predicted octanol–water partition coefficient (Wildman–Crippen LogP) is 4.23. The molecular weight excluding hydrogens is 286 g/mol. The number of carbonyl (C=O) groups excluding carboxylic acids is 1. The van der Waals surface area contributed by atoms with Crippen LogP contribution in [0.5, 0.6) is 5.75 Å². The van der Waals surface area contributed by atoms with Gasteiger partial charge < -0.3 is 10.1 Å². The van der Waals surface area contributed by atoms with Crippen molar-refractivity contribution >= 4 is 23.2 Å². The van der Waals surface area contributed by atoms with E-state index in [1.54, 1.807) is 13.2 Å². The molecule has 2 aromatic rings. The molecule has 0 heterocycles. The van der Waals surface area contributed by atoms with E-state index in [9.17, 15) is 4.79 Å². The maximum atomic E-state index is 12.0. The molecule has 0 aromatic heterocycles. The molecule has 0 saturated carbocycles. The molecule has 0 atom stereocenters. The highest BCUT2D eigenvalue weighted by Gasteiger charge is 2.07. The molecule has 2 rings (SSSR count). The van der Waals surface area contributed by atoms with Crippen molar-refractivity contribution in [3.05, 3.63) is 58.6 Å². The third-order valence-electron chi connectivity index (χ3n) is 3.27. The number of nitrogens with one attached hydrogen (secondary N) is 1. The van der Waals surface area contributed by atoms with Gasteiger partial charge in [0.05, 0.1) is 7.11 Å². The monoisotopic (exact) mass is 303 g/mol. The van der Waals surface area contributed by atoms with Crippen molar-refractivity contribution in [1.29, 1.82) is 0 Å². The van der Waals surface area contributed by atoms with Crippen molar-refractivity contribution in [3.8, 4) is 5.75 Å². The predicted molar refractivity (Wildman–Crippen MR) is 86.1 cm³/mol. The molecule has 1 amide bonds. The lowest BCUT2D eigenvalue weighted by molar-refractivity contribution is -0.116. The van der Waals surface area contributed by atoms with Gasteiger partial charge in [-0.3, -0.25) is 4.79 Å². The van der Waals surface area contributed by atoms with Gasteiger partial charge in [-0.1, -0.05) is 35.9 Å². The highest BCUT2D eigenvalue weighted by atomic mass is 35.5. The van der Waals surface area contributed by atoms with Crippen LogP contribution >= 0.6 is 11.6 Å². The minimum Gasteiger partial charge on any atom is -0.496 e. The van der Waals surface area contributed by atoms with Gasteiger partial charge in [0, 0.05) is 17.1 Å². The molecular formula is C17H18ClNO2. The van der Waals surface area contributed by atoms with E-state index in [1.165, 1.54) is 0 Å². The van der Waals surface area contributed by atoms with Crippen LogP contribution in [-0.2, 0) is 11.2 Å². The maximum absolute atomic E-state index is 12.0. The van der Waals surface area contributed by atoms with Crippen LogP contribution in [0, 0.1) is 6.92 Å². The molecule has 0 bridgehead atoms. The second-order valence-electron chi connectivity index (χ2n) is 4.82. The Morgan fingerprint density at radius 2 is 2.00 bits per heavy atom. The largest absolute Gasteiger partial charge is 0.496 e. The normalized spacial score (nSPS) is 10.2. The SMILES string of the molecule is COc1ccccc1CCC(=O)Nc1ccc(C)c(Cl)c1. The van der Waals surface area contributed by atoms with E-state index in [1.807, 2.05) is 43.3 Å². The Morgan fingerprint density at radius 3 is 2.71 bits per heavy atom. The molecule has 0 unspecified atom stereocenters. The Labute approximate surface area is 129 Å². The Kier molecular flexibility index (Phi) is 5.23. The maximum Gasteiger partial charge on any atom is 0.224 e. The van der Waals surface area contributed by atoms with Crippen LogP contribution in [0.25, 0.3) is 0 Å². The average Bonchev–Trinajstić information content (AvgIpc) is 2.49. The van der Waals surface area contributed by atoms with Gasteiger partial charge in [-0.25, -0.2) is 0 Å². The summed E-state index contributed by atoms with van der Waals surface area (Å²) in [5.41, 5.74) is 2.73. The lowest BCUT2D eigenvalue weighted by Gasteiger charge is -2.09. The van der Waals surface area contributed by atoms with Crippen LogP contribution in [0.4, 0.5) is 5.69 Å². The summed E-state index contributed by atoms with van der Waals surface area (Å²) in [6.07, 6.45) is 1.03. The zero-order valence-electron chi connectivity index (χ0n) is 12.2. The summed E-state index contributed by atoms with van der Waals surface area (Å²) in [4.78, 5) is 12.0. The first kappa shape index (κ1) is 15.4. The van der Waals surface area contributed by atoms with Gasteiger partial charge in [0.25, 0.3) is 0 Å². The van der Waals surface area contributed by atoms with Gasteiger partial charge in [-0.15, -0.1) is 0 Å². The molecule has 0 radical (unpaired) electrons. The number of anilines is 1. The minimum absolute atomic E-state index is 0.0409. The van der Waals surface area contributed by atoms with Crippen molar-refractivity contribution in [2.45, 2.75) is 19.8 Å². The number of hydrogen-bond acceptors (Lipinski definition) is 2. The molecule has 110 valence electrons. The third-order valence-corrected chi connectivity index (χ3v) is 3.68. The number of benzene rings is 2. The molecule has 0 fully saturated rings. The van der Waals surface area contributed by atoms with Gasteiger partial charge in [-0.2, -0.15) is 0 Å². The van der Waals surface area contributed by atoms with Gasteiger partial charge in [0.2, 0.25) is 5.91 Å². The van der Waals surface area contributed by atoms with E-state index >= 15 is 0 Å². The van der Waals surface area contributed by atoms with Gasteiger partial charge in [0.1, 0.15) is 5.75 Å². The number of para-hydroxylation sites is 1. The molecule has 0 aliphatic rings. The first-order valence-electron chi connectivity index (χ1n) is 6.78. The topological polar surface area (TPSA) is 38.3 Å². The highest BCUT2D eigenvalue weighted by Crippen LogP contribution is 2.21.